The van der Waals surface area contributed by atoms with Crippen LogP contribution in [0.3, 0.4) is 0 Å². The van der Waals surface area contributed by atoms with Crippen molar-refractivity contribution in [2.45, 2.75) is 13.0 Å². The van der Waals surface area contributed by atoms with Gasteiger partial charge in [0, 0.05) is 0 Å². The summed E-state index contributed by atoms with van der Waals surface area (Å²) in [5.74, 6) is 0.586. The molecule has 1 atom stereocenters. The monoisotopic (exact) mass is 216 g/mol. The van der Waals surface area contributed by atoms with Crippen LogP contribution in [0.25, 0.3) is 0 Å². The van der Waals surface area contributed by atoms with E-state index in [2.05, 4.69) is 0 Å². The molecule has 0 saturated carbocycles. The Morgan fingerprint density at radius 2 is 2.21 bits per heavy atom. The lowest BCUT2D eigenvalue weighted by atomic mass is 10.1. The molecule has 0 radical (unpaired) electrons. The summed E-state index contributed by atoms with van der Waals surface area (Å²) in [6, 6.07) is 4.95. The van der Waals surface area contributed by atoms with Gasteiger partial charge in [-0.25, -0.2) is 0 Å². The third kappa shape index (κ3) is 2.61. The average molecular weight is 217 g/mol. The van der Waals surface area contributed by atoms with Crippen LogP contribution in [-0.4, -0.2) is 23.4 Å². The van der Waals surface area contributed by atoms with Gasteiger partial charge in [0.15, 0.2) is 0 Å². The Labute approximate surface area is 87.9 Å². The van der Waals surface area contributed by atoms with Crippen LogP contribution >= 0.6 is 11.6 Å². The standard InChI is InChI=1S/C10H13ClO3/c1-2-14-10-4-3-7(5-8(10)11)9(13)6-12/h3-5,9,12-13H,2,6H2,1H3. The zero-order chi connectivity index (χ0) is 10.6. The summed E-state index contributed by atoms with van der Waals surface area (Å²) in [5, 5.41) is 18.5. The maximum Gasteiger partial charge on any atom is 0.137 e. The zero-order valence-corrected chi connectivity index (χ0v) is 8.66. The van der Waals surface area contributed by atoms with Crippen molar-refractivity contribution in [2.75, 3.05) is 13.2 Å². The van der Waals surface area contributed by atoms with E-state index < -0.39 is 6.10 Å². The molecule has 0 aliphatic rings. The number of hydrogen-bond donors (Lipinski definition) is 2. The summed E-state index contributed by atoms with van der Waals surface area (Å²) in [7, 11) is 0. The van der Waals surface area contributed by atoms with E-state index in [0.717, 1.165) is 0 Å². The number of rotatable bonds is 4. The largest absolute Gasteiger partial charge is 0.492 e. The molecule has 4 heteroatoms. The van der Waals surface area contributed by atoms with E-state index in [1.807, 2.05) is 6.92 Å². The first-order chi connectivity index (χ1) is 6.69. The Bertz CT molecular complexity index is 301. The van der Waals surface area contributed by atoms with E-state index in [-0.39, 0.29) is 6.61 Å². The van der Waals surface area contributed by atoms with Crippen LogP contribution in [0.1, 0.15) is 18.6 Å². The van der Waals surface area contributed by atoms with Crippen molar-refractivity contribution in [1.29, 1.82) is 0 Å². The van der Waals surface area contributed by atoms with Gasteiger partial charge in [-0.2, -0.15) is 0 Å². The number of halogens is 1. The van der Waals surface area contributed by atoms with Gasteiger partial charge in [0.25, 0.3) is 0 Å². The molecule has 0 amide bonds. The quantitative estimate of drug-likeness (QED) is 0.807. The summed E-state index contributed by atoms with van der Waals surface area (Å²) < 4.78 is 5.23. The van der Waals surface area contributed by atoms with Gasteiger partial charge in [-0.05, 0) is 24.6 Å². The highest BCUT2D eigenvalue weighted by Gasteiger charge is 2.08. The minimum atomic E-state index is -0.886. The lowest BCUT2D eigenvalue weighted by Gasteiger charge is -2.10. The van der Waals surface area contributed by atoms with Crippen molar-refractivity contribution in [3.05, 3.63) is 28.8 Å². The second kappa shape index (κ2) is 5.20. The van der Waals surface area contributed by atoms with Crippen LogP contribution in [0.5, 0.6) is 5.75 Å². The van der Waals surface area contributed by atoms with Gasteiger partial charge in [0.2, 0.25) is 0 Å². The van der Waals surface area contributed by atoms with E-state index in [4.69, 9.17) is 21.4 Å². The fraction of sp³-hybridized carbons (Fsp3) is 0.400. The molecule has 0 spiro atoms. The fourth-order valence-corrected chi connectivity index (χ4v) is 1.35. The summed E-state index contributed by atoms with van der Waals surface area (Å²) >= 11 is 5.89. The molecule has 14 heavy (non-hydrogen) atoms. The lowest BCUT2D eigenvalue weighted by molar-refractivity contribution is 0.0956. The van der Waals surface area contributed by atoms with E-state index in [0.29, 0.717) is 22.9 Å². The van der Waals surface area contributed by atoms with Crippen molar-refractivity contribution >= 4 is 11.6 Å². The third-order valence-electron chi connectivity index (χ3n) is 1.81. The zero-order valence-electron chi connectivity index (χ0n) is 7.90. The predicted molar refractivity (Wildman–Crippen MR) is 54.7 cm³/mol. The Morgan fingerprint density at radius 1 is 1.50 bits per heavy atom. The highest BCUT2D eigenvalue weighted by molar-refractivity contribution is 6.32. The highest BCUT2D eigenvalue weighted by Crippen LogP contribution is 2.27. The maximum absolute atomic E-state index is 9.33. The normalized spacial score (nSPS) is 12.6. The average Bonchev–Trinajstić information content (AvgIpc) is 2.20. The van der Waals surface area contributed by atoms with Gasteiger partial charge in [-0.1, -0.05) is 17.7 Å². The lowest BCUT2D eigenvalue weighted by Crippen LogP contribution is -2.02. The second-order valence-electron chi connectivity index (χ2n) is 2.82. The van der Waals surface area contributed by atoms with Crippen molar-refractivity contribution in [2.24, 2.45) is 0 Å². The van der Waals surface area contributed by atoms with Crippen molar-refractivity contribution in [3.63, 3.8) is 0 Å². The molecule has 2 N–H and O–H groups in total. The van der Waals surface area contributed by atoms with Gasteiger partial charge in [0.1, 0.15) is 11.9 Å². The van der Waals surface area contributed by atoms with Gasteiger partial charge in [0.05, 0.1) is 18.2 Å². The molecule has 1 rings (SSSR count). The first kappa shape index (κ1) is 11.3. The van der Waals surface area contributed by atoms with E-state index in [9.17, 15) is 5.11 Å². The molecule has 0 aromatic heterocycles. The molecular weight excluding hydrogens is 204 g/mol. The third-order valence-corrected chi connectivity index (χ3v) is 2.11. The van der Waals surface area contributed by atoms with Gasteiger partial charge in [-0.15, -0.1) is 0 Å². The van der Waals surface area contributed by atoms with Gasteiger partial charge >= 0.3 is 0 Å². The van der Waals surface area contributed by atoms with Crippen LogP contribution < -0.4 is 4.74 Å². The van der Waals surface area contributed by atoms with Gasteiger partial charge < -0.3 is 14.9 Å². The summed E-state index contributed by atoms with van der Waals surface area (Å²) in [5.41, 5.74) is 0.584. The van der Waals surface area contributed by atoms with Gasteiger partial charge in [-0.3, -0.25) is 0 Å². The molecule has 0 bridgehead atoms. The minimum Gasteiger partial charge on any atom is -0.492 e. The van der Waals surface area contributed by atoms with E-state index in [1.54, 1.807) is 18.2 Å². The highest BCUT2D eigenvalue weighted by atomic mass is 35.5. The predicted octanol–water partition coefficient (Wildman–Crippen LogP) is 1.76. The van der Waals surface area contributed by atoms with Crippen LogP contribution in [0, 0.1) is 0 Å². The molecule has 1 aromatic rings. The molecule has 0 heterocycles. The number of ether oxygens (including phenoxy) is 1. The number of aliphatic hydroxyl groups excluding tert-OH is 2. The first-order valence-electron chi connectivity index (χ1n) is 4.40. The molecule has 78 valence electrons. The van der Waals surface area contributed by atoms with Crippen molar-refractivity contribution in [1.82, 2.24) is 0 Å². The Morgan fingerprint density at radius 3 is 2.71 bits per heavy atom. The molecular formula is C10H13ClO3. The minimum absolute atomic E-state index is 0.315. The molecule has 1 aromatic carbocycles. The molecule has 3 nitrogen and oxygen atoms in total. The topological polar surface area (TPSA) is 49.7 Å². The van der Waals surface area contributed by atoms with Crippen molar-refractivity contribution < 1.29 is 14.9 Å². The number of hydrogen-bond acceptors (Lipinski definition) is 3. The number of aliphatic hydroxyl groups is 2. The Kier molecular flexibility index (Phi) is 4.20. The van der Waals surface area contributed by atoms with Crippen LogP contribution in [0.15, 0.2) is 18.2 Å². The molecule has 1 unspecified atom stereocenters. The van der Waals surface area contributed by atoms with Crippen LogP contribution in [-0.2, 0) is 0 Å². The van der Waals surface area contributed by atoms with Crippen LogP contribution in [0.4, 0.5) is 0 Å². The van der Waals surface area contributed by atoms with E-state index in [1.165, 1.54) is 0 Å². The van der Waals surface area contributed by atoms with Crippen molar-refractivity contribution in [3.8, 4) is 5.75 Å². The maximum atomic E-state index is 9.33. The first-order valence-corrected chi connectivity index (χ1v) is 4.78. The molecule has 0 fully saturated rings. The van der Waals surface area contributed by atoms with E-state index >= 15 is 0 Å². The Balaban J connectivity index is 2.88. The summed E-state index contributed by atoms with van der Waals surface area (Å²) in [6.07, 6.45) is -0.886. The SMILES string of the molecule is CCOc1ccc(C(O)CO)cc1Cl. The summed E-state index contributed by atoms with van der Waals surface area (Å²) in [6.45, 7) is 2.10. The van der Waals surface area contributed by atoms with Crippen LogP contribution in [0.2, 0.25) is 5.02 Å². The molecule has 0 aliphatic heterocycles. The Hall–Kier alpha value is -0.770. The number of benzene rings is 1. The fourth-order valence-electron chi connectivity index (χ4n) is 1.10. The second-order valence-corrected chi connectivity index (χ2v) is 3.23. The molecule has 0 aliphatic carbocycles. The molecule has 0 saturated heterocycles. The smallest absolute Gasteiger partial charge is 0.137 e. The summed E-state index contributed by atoms with van der Waals surface area (Å²) in [4.78, 5) is 0.